The Labute approximate surface area is 135 Å². The average Bonchev–Trinajstić information content (AvgIpc) is 3.12. The predicted molar refractivity (Wildman–Crippen MR) is 85.1 cm³/mol. The van der Waals surface area contributed by atoms with Gasteiger partial charge in [-0.05, 0) is 14.0 Å². The summed E-state index contributed by atoms with van der Waals surface area (Å²) < 4.78 is 7.28. The van der Waals surface area contributed by atoms with E-state index in [4.69, 9.17) is 4.52 Å². The second-order valence-electron chi connectivity index (χ2n) is 6.06. The molecule has 23 heavy (non-hydrogen) atoms. The van der Waals surface area contributed by atoms with Crippen LogP contribution in [0.15, 0.2) is 16.9 Å². The monoisotopic (exact) mass is 317 g/mol. The molecule has 3 heterocycles. The highest BCUT2D eigenvalue weighted by atomic mass is 16.5. The van der Waals surface area contributed by atoms with Gasteiger partial charge in [0.1, 0.15) is 17.1 Å². The quantitative estimate of drug-likeness (QED) is 0.856. The van der Waals surface area contributed by atoms with Crippen molar-refractivity contribution < 1.29 is 9.32 Å². The zero-order chi connectivity index (χ0) is 16.6. The summed E-state index contributed by atoms with van der Waals surface area (Å²) in [6.45, 7) is 5.92. The van der Waals surface area contributed by atoms with Gasteiger partial charge in [0.15, 0.2) is 0 Å². The van der Waals surface area contributed by atoms with E-state index in [1.165, 1.54) is 0 Å². The summed E-state index contributed by atoms with van der Waals surface area (Å²) in [5, 5.41) is 3.95. The Morgan fingerprint density at radius 2 is 2.17 bits per heavy atom. The third-order valence-electron chi connectivity index (χ3n) is 4.56. The van der Waals surface area contributed by atoms with Crippen LogP contribution in [-0.2, 0) is 13.5 Å². The number of piperazine rings is 1. The van der Waals surface area contributed by atoms with Crippen molar-refractivity contribution in [2.24, 2.45) is 7.05 Å². The Morgan fingerprint density at radius 1 is 1.39 bits per heavy atom. The van der Waals surface area contributed by atoms with Crippen molar-refractivity contribution in [2.45, 2.75) is 26.3 Å². The highest BCUT2D eigenvalue weighted by Crippen LogP contribution is 2.25. The van der Waals surface area contributed by atoms with Crippen molar-refractivity contribution in [3.05, 3.63) is 35.2 Å². The summed E-state index contributed by atoms with van der Waals surface area (Å²) in [6, 6.07) is 0.0953. The minimum Gasteiger partial charge on any atom is -0.360 e. The number of hydrogen-bond acceptors (Lipinski definition) is 5. The number of imidazole rings is 1. The van der Waals surface area contributed by atoms with E-state index in [0.717, 1.165) is 12.4 Å². The Balaban J connectivity index is 1.85. The largest absolute Gasteiger partial charge is 0.360 e. The molecule has 1 fully saturated rings. The zero-order valence-electron chi connectivity index (χ0n) is 14.1. The van der Waals surface area contributed by atoms with Crippen LogP contribution in [0.4, 0.5) is 0 Å². The van der Waals surface area contributed by atoms with Crippen LogP contribution in [0.3, 0.4) is 0 Å². The molecule has 0 bridgehead atoms. The minimum atomic E-state index is 0.00732. The second-order valence-corrected chi connectivity index (χ2v) is 6.06. The van der Waals surface area contributed by atoms with Gasteiger partial charge in [-0.25, -0.2) is 4.98 Å². The molecular formula is C16H23N5O2. The lowest BCUT2D eigenvalue weighted by Gasteiger charge is -2.39. The molecule has 2 aromatic rings. The summed E-state index contributed by atoms with van der Waals surface area (Å²) in [5.74, 6) is 1.65. The van der Waals surface area contributed by atoms with E-state index >= 15 is 0 Å². The van der Waals surface area contributed by atoms with Crippen LogP contribution in [0.5, 0.6) is 0 Å². The SMILES string of the molecule is CCc1onc(C)c1C(=O)N1CCN(C)C(c2nccn2C)C1. The molecule has 1 atom stereocenters. The molecule has 1 amide bonds. The molecule has 0 aliphatic carbocycles. The van der Waals surface area contributed by atoms with Crippen LogP contribution >= 0.6 is 0 Å². The Morgan fingerprint density at radius 3 is 2.83 bits per heavy atom. The predicted octanol–water partition coefficient (Wildman–Crippen LogP) is 1.41. The normalized spacial score (nSPS) is 19.3. The van der Waals surface area contributed by atoms with E-state index in [-0.39, 0.29) is 11.9 Å². The number of carbonyl (C=O) groups excluding carboxylic acids is 1. The molecule has 1 saturated heterocycles. The van der Waals surface area contributed by atoms with Gasteiger partial charge in [-0.2, -0.15) is 0 Å². The number of hydrogen-bond donors (Lipinski definition) is 0. The fraction of sp³-hybridized carbons (Fsp3) is 0.562. The third-order valence-corrected chi connectivity index (χ3v) is 4.56. The molecule has 7 heteroatoms. The number of carbonyl (C=O) groups is 1. The molecule has 7 nitrogen and oxygen atoms in total. The topological polar surface area (TPSA) is 67.4 Å². The van der Waals surface area contributed by atoms with Gasteiger partial charge in [0, 0.05) is 45.5 Å². The third kappa shape index (κ3) is 2.76. The van der Waals surface area contributed by atoms with Gasteiger partial charge in [0.05, 0.1) is 11.7 Å². The summed E-state index contributed by atoms with van der Waals surface area (Å²) in [5.41, 5.74) is 1.29. The van der Waals surface area contributed by atoms with E-state index in [9.17, 15) is 4.79 Å². The van der Waals surface area contributed by atoms with Crippen molar-refractivity contribution in [1.82, 2.24) is 24.5 Å². The lowest BCUT2D eigenvalue weighted by atomic mass is 10.1. The molecule has 1 aliphatic heterocycles. The summed E-state index contributed by atoms with van der Waals surface area (Å²) in [6.07, 6.45) is 4.39. The molecule has 1 unspecified atom stereocenters. The first-order chi connectivity index (χ1) is 11.0. The first-order valence-corrected chi connectivity index (χ1v) is 7.94. The van der Waals surface area contributed by atoms with Crippen LogP contribution in [-0.4, -0.2) is 57.1 Å². The summed E-state index contributed by atoms with van der Waals surface area (Å²) >= 11 is 0. The van der Waals surface area contributed by atoms with Gasteiger partial charge in [-0.15, -0.1) is 0 Å². The average molecular weight is 317 g/mol. The maximum absolute atomic E-state index is 12.9. The fourth-order valence-electron chi connectivity index (χ4n) is 3.13. The van der Waals surface area contributed by atoms with E-state index in [1.54, 1.807) is 6.20 Å². The first-order valence-electron chi connectivity index (χ1n) is 7.94. The minimum absolute atomic E-state index is 0.00732. The van der Waals surface area contributed by atoms with Crippen LogP contribution in [0.1, 0.15) is 40.6 Å². The van der Waals surface area contributed by atoms with Crippen molar-refractivity contribution in [3.63, 3.8) is 0 Å². The van der Waals surface area contributed by atoms with Crippen LogP contribution in [0.2, 0.25) is 0 Å². The van der Waals surface area contributed by atoms with E-state index in [2.05, 4.69) is 22.1 Å². The number of amides is 1. The standard InChI is InChI=1S/C16H23N5O2/c1-5-13-14(11(2)18-23-13)16(22)21-9-8-19(3)12(10-21)15-17-6-7-20(15)4/h6-7,12H,5,8-10H2,1-4H3. The molecule has 2 aromatic heterocycles. The highest BCUT2D eigenvalue weighted by molar-refractivity contribution is 5.96. The molecule has 0 saturated carbocycles. The maximum atomic E-state index is 12.9. The smallest absolute Gasteiger partial charge is 0.259 e. The molecule has 124 valence electrons. The second kappa shape index (κ2) is 6.16. The molecule has 0 radical (unpaired) electrons. The van der Waals surface area contributed by atoms with Gasteiger partial charge in [-0.3, -0.25) is 9.69 Å². The lowest BCUT2D eigenvalue weighted by molar-refractivity contribution is 0.0526. The Kier molecular flexibility index (Phi) is 4.21. The molecule has 0 N–H and O–H groups in total. The lowest BCUT2D eigenvalue weighted by Crippen LogP contribution is -2.49. The summed E-state index contributed by atoms with van der Waals surface area (Å²) in [4.78, 5) is 21.5. The molecule has 1 aliphatic rings. The van der Waals surface area contributed by atoms with Gasteiger partial charge in [0.25, 0.3) is 5.91 Å². The van der Waals surface area contributed by atoms with Crippen molar-refractivity contribution >= 4 is 5.91 Å². The van der Waals surface area contributed by atoms with Gasteiger partial charge in [-0.1, -0.05) is 12.1 Å². The number of nitrogens with zero attached hydrogens (tertiary/aromatic N) is 5. The molecular weight excluding hydrogens is 294 g/mol. The van der Waals surface area contributed by atoms with Crippen molar-refractivity contribution in [3.8, 4) is 0 Å². The zero-order valence-corrected chi connectivity index (χ0v) is 14.1. The van der Waals surface area contributed by atoms with Crippen LogP contribution in [0.25, 0.3) is 0 Å². The fourth-order valence-corrected chi connectivity index (χ4v) is 3.13. The maximum Gasteiger partial charge on any atom is 0.259 e. The first kappa shape index (κ1) is 15.7. The number of likely N-dealkylation sites (N-methyl/N-ethyl adjacent to an activating group) is 1. The van der Waals surface area contributed by atoms with Crippen molar-refractivity contribution in [1.29, 1.82) is 0 Å². The molecule has 0 spiro atoms. The van der Waals surface area contributed by atoms with Gasteiger partial charge >= 0.3 is 0 Å². The van der Waals surface area contributed by atoms with Gasteiger partial charge in [0.2, 0.25) is 0 Å². The molecule has 3 rings (SSSR count). The number of rotatable bonds is 3. The highest BCUT2D eigenvalue weighted by Gasteiger charge is 2.33. The van der Waals surface area contributed by atoms with Gasteiger partial charge < -0.3 is 14.0 Å². The van der Waals surface area contributed by atoms with Crippen molar-refractivity contribution in [2.75, 3.05) is 26.7 Å². The van der Waals surface area contributed by atoms with E-state index in [1.807, 2.05) is 36.6 Å². The number of aryl methyl sites for hydroxylation is 3. The van der Waals surface area contributed by atoms with Crippen LogP contribution in [0, 0.1) is 6.92 Å². The van der Waals surface area contributed by atoms with E-state index < -0.39 is 0 Å². The van der Waals surface area contributed by atoms with Crippen LogP contribution < -0.4 is 0 Å². The Bertz CT molecular complexity index is 705. The summed E-state index contributed by atoms with van der Waals surface area (Å²) in [7, 11) is 4.06. The number of aromatic nitrogens is 3. The molecule has 0 aromatic carbocycles. The Hall–Kier alpha value is -2.15. The van der Waals surface area contributed by atoms with E-state index in [0.29, 0.717) is 36.5 Å².